The molecule has 0 bridgehead atoms. The zero-order valence-corrected chi connectivity index (χ0v) is 7.84. The number of hydrogen-bond acceptors (Lipinski definition) is 1. The topological polar surface area (TPSA) is 20.2 Å². The fourth-order valence-electron chi connectivity index (χ4n) is 1.05. The highest BCUT2D eigenvalue weighted by Crippen LogP contribution is 2.08. The summed E-state index contributed by atoms with van der Waals surface area (Å²) in [5.74, 6) is 0.0717. The fraction of sp³-hybridized carbons (Fsp3) is 0.300. The van der Waals surface area contributed by atoms with Gasteiger partial charge in [0.25, 0.3) is 0 Å². The summed E-state index contributed by atoms with van der Waals surface area (Å²) in [6.07, 6.45) is 0.816. The third kappa shape index (κ3) is 2.62. The Morgan fingerprint density at radius 3 is 2.50 bits per heavy atom. The van der Waals surface area contributed by atoms with Gasteiger partial charge in [-0.1, -0.05) is 37.3 Å². The molecule has 0 saturated heterocycles. The van der Waals surface area contributed by atoms with Crippen LogP contribution in [0.5, 0.6) is 0 Å². The summed E-state index contributed by atoms with van der Waals surface area (Å²) in [6.45, 7) is 1.93. The van der Waals surface area contributed by atoms with Crippen LogP contribution in [-0.4, -0.2) is 10.2 Å². The van der Waals surface area contributed by atoms with Gasteiger partial charge in [0.2, 0.25) is 0 Å². The highest BCUT2D eigenvalue weighted by atomic mass is 32.1. The minimum atomic E-state index is 0.0717. The van der Waals surface area contributed by atoms with Gasteiger partial charge in [-0.15, -0.1) is 0 Å². The smallest absolute Gasteiger partial charge is 0.159 e. The first-order chi connectivity index (χ1) is 5.70. The summed E-state index contributed by atoms with van der Waals surface area (Å²) < 4.78 is 0. The standard InChI is InChI=1S/C10H12OS/c1-8(10(11)12)7-9-5-3-2-4-6-9/h2-6,8H,7H2,1H3,(H,11,12). The molecule has 0 aliphatic heterocycles. The van der Waals surface area contributed by atoms with Crippen molar-refractivity contribution >= 4 is 17.3 Å². The Morgan fingerprint density at radius 1 is 1.42 bits per heavy atom. The van der Waals surface area contributed by atoms with Gasteiger partial charge in [0.1, 0.15) is 0 Å². The number of hydrogen-bond donors (Lipinski definition) is 1. The molecule has 0 aliphatic carbocycles. The Kier molecular flexibility index (Phi) is 3.23. The second kappa shape index (κ2) is 4.21. The van der Waals surface area contributed by atoms with E-state index in [9.17, 15) is 0 Å². The van der Waals surface area contributed by atoms with E-state index in [1.165, 1.54) is 5.56 Å². The van der Waals surface area contributed by atoms with Crippen molar-refractivity contribution in [2.45, 2.75) is 13.3 Å². The largest absolute Gasteiger partial charge is 0.502 e. The van der Waals surface area contributed by atoms with Gasteiger partial charge in [-0.05, 0) is 24.2 Å². The normalized spacial score (nSPS) is 12.4. The highest BCUT2D eigenvalue weighted by molar-refractivity contribution is 7.80. The Balaban J connectivity index is 2.58. The van der Waals surface area contributed by atoms with Crippen LogP contribution >= 0.6 is 12.2 Å². The van der Waals surface area contributed by atoms with Crippen LogP contribution in [0.15, 0.2) is 30.3 Å². The van der Waals surface area contributed by atoms with Crippen LogP contribution in [0, 0.1) is 5.92 Å². The van der Waals surface area contributed by atoms with Gasteiger partial charge in [0.05, 0.1) is 0 Å². The molecule has 1 nitrogen and oxygen atoms in total. The molecule has 0 fully saturated rings. The van der Waals surface area contributed by atoms with Crippen molar-refractivity contribution in [1.29, 1.82) is 0 Å². The molecule has 1 rings (SSSR count). The van der Waals surface area contributed by atoms with E-state index in [0.29, 0.717) is 0 Å². The van der Waals surface area contributed by atoms with E-state index in [1.54, 1.807) is 0 Å². The van der Waals surface area contributed by atoms with Crippen molar-refractivity contribution in [2.75, 3.05) is 0 Å². The summed E-state index contributed by atoms with van der Waals surface area (Å²) in [7, 11) is 0. The predicted octanol–water partition coefficient (Wildman–Crippen LogP) is 2.75. The van der Waals surface area contributed by atoms with E-state index < -0.39 is 0 Å². The zero-order valence-electron chi connectivity index (χ0n) is 7.03. The molecular weight excluding hydrogens is 168 g/mol. The van der Waals surface area contributed by atoms with Crippen LogP contribution in [0.3, 0.4) is 0 Å². The molecule has 0 aromatic heterocycles. The first-order valence-electron chi connectivity index (χ1n) is 3.97. The Morgan fingerprint density at radius 2 is 2.00 bits per heavy atom. The van der Waals surface area contributed by atoms with Crippen LogP contribution in [0.2, 0.25) is 0 Å². The monoisotopic (exact) mass is 180 g/mol. The second-order valence-corrected chi connectivity index (χ2v) is 3.35. The maximum Gasteiger partial charge on any atom is 0.159 e. The van der Waals surface area contributed by atoms with Gasteiger partial charge in [-0.3, -0.25) is 0 Å². The number of aliphatic hydroxyl groups is 1. The third-order valence-electron chi connectivity index (χ3n) is 1.81. The molecule has 12 heavy (non-hydrogen) atoms. The fourth-order valence-corrected chi connectivity index (χ4v) is 1.14. The second-order valence-electron chi connectivity index (χ2n) is 2.93. The lowest BCUT2D eigenvalue weighted by Gasteiger charge is -2.07. The van der Waals surface area contributed by atoms with E-state index in [0.717, 1.165) is 6.42 Å². The molecule has 0 amide bonds. The first-order valence-corrected chi connectivity index (χ1v) is 4.37. The molecule has 0 heterocycles. The number of rotatable bonds is 3. The molecular formula is C10H12OS. The highest BCUT2D eigenvalue weighted by Gasteiger charge is 2.06. The molecule has 64 valence electrons. The Bertz CT molecular complexity index is 256. The molecule has 1 aromatic rings. The molecule has 2 heteroatoms. The van der Waals surface area contributed by atoms with Gasteiger partial charge in [-0.25, -0.2) is 0 Å². The van der Waals surface area contributed by atoms with Gasteiger partial charge in [0.15, 0.2) is 5.05 Å². The van der Waals surface area contributed by atoms with E-state index in [-0.39, 0.29) is 11.0 Å². The molecule has 1 aromatic carbocycles. The number of thiocarbonyl (C=S) groups is 1. The lowest BCUT2D eigenvalue weighted by Crippen LogP contribution is -2.09. The van der Waals surface area contributed by atoms with Gasteiger partial charge in [0, 0.05) is 5.92 Å². The minimum Gasteiger partial charge on any atom is -0.502 e. The molecule has 1 atom stereocenters. The maximum atomic E-state index is 9.01. The van der Waals surface area contributed by atoms with Crippen molar-refractivity contribution in [3.8, 4) is 0 Å². The van der Waals surface area contributed by atoms with E-state index >= 15 is 0 Å². The van der Waals surface area contributed by atoms with Crippen molar-refractivity contribution in [3.05, 3.63) is 35.9 Å². The van der Waals surface area contributed by atoms with Crippen LogP contribution in [-0.2, 0) is 6.42 Å². The quantitative estimate of drug-likeness (QED) is 0.722. The number of aliphatic hydroxyl groups excluding tert-OH is 1. The average molecular weight is 180 g/mol. The molecule has 0 saturated carbocycles. The van der Waals surface area contributed by atoms with Gasteiger partial charge >= 0.3 is 0 Å². The van der Waals surface area contributed by atoms with Gasteiger partial charge < -0.3 is 5.11 Å². The van der Waals surface area contributed by atoms with Gasteiger partial charge in [-0.2, -0.15) is 0 Å². The minimum absolute atomic E-state index is 0.0717. The van der Waals surface area contributed by atoms with Crippen LogP contribution < -0.4 is 0 Å². The number of benzene rings is 1. The Labute approximate surface area is 78.0 Å². The van der Waals surface area contributed by atoms with E-state index in [4.69, 9.17) is 5.11 Å². The van der Waals surface area contributed by atoms with E-state index in [2.05, 4.69) is 12.2 Å². The molecule has 1 unspecified atom stereocenters. The summed E-state index contributed by atoms with van der Waals surface area (Å²) in [4.78, 5) is 0. The van der Waals surface area contributed by atoms with Crippen LogP contribution in [0.4, 0.5) is 0 Å². The predicted molar refractivity (Wildman–Crippen MR) is 54.5 cm³/mol. The summed E-state index contributed by atoms with van der Waals surface area (Å²) in [5, 5.41) is 9.11. The lowest BCUT2D eigenvalue weighted by atomic mass is 10.0. The molecule has 0 radical (unpaired) electrons. The van der Waals surface area contributed by atoms with E-state index in [1.807, 2.05) is 37.3 Å². The molecule has 0 aliphatic rings. The van der Waals surface area contributed by atoms with Crippen LogP contribution in [0.25, 0.3) is 0 Å². The maximum absolute atomic E-state index is 9.01. The van der Waals surface area contributed by atoms with Crippen molar-refractivity contribution in [2.24, 2.45) is 5.92 Å². The Hall–Kier alpha value is -0.890. The SMILES string of the molecule is CC(Cc1ccccc1)C(O)=S. The first kappa shape index (κ1) is 9.20. The van der Waals surface area contributed by atoms with Crippen molar-refractivity contribution < 1.29 is 5.11 Å². The molecule has 0 spiro atoms. The summed E-state index contributed by atoms with van der Waals surface area (Å²) >= 11 is 4.67. The van der Waals surface area contributed by atoms with Crippen LogP contribution in [0.1, 0.15) is 12.5 Å². The molecule has 1 N–H and O–H groups in total. The third-order valence-corrected chi connectivity index (χ3v) is 2.21. The van der Waals surface area contributed by atoms with Crippen molar-refractivity contribution in [1.82, 2.24) is 0 Å². The zero-order chi connectivity index (χ0) is 8.97. The lowest BCUT2D eigenvalue weighted by molar-refractivity contribution is 0.508. The summed E-state index contributed by atoms with van der Waals surface area (Å²) in [5.41, 5.74) is 1.21. The summed E-state index contributed by atoms with van der Waals surface area (Å²) in [6, 6.07) is 10.0. The van der Waals surface area contributed by atoms with Crippen molar-refractivity contribution in [3.63, 3.8) is 0 Å². The average Bonchev–Trinajstić information content (AvgIpc) is 2.06.